The number of aliphatic carboxylic acids is 1. The summed E-state index contributed by atoms with van der Waals surface area (Å²) in [5.74, 6) is -3.22. The maximum Gasteiger partial charge on any atom is 0.422 e. The van der Waals surface area contributed by atoms with E-state index >= 15 is 0 Å². The third kappa shape index (κ3) is 2.47. The SMILES string of the molecule is Cc1cscc1C(=O)NC(C)(C(=O)O)C(F)(F)F. The molecule has 0 saturated heterocycles. The van der Waals surface area contributed by atoms with Gasteiger partial charge in [-0.05, 0) is 24.8 Å². The first-order valence-electron chi connectivity index (χ1n) is 4.75. The molecule has 0 saturated carbocycles. The van der Waals surface area contributed by atoms with Crippen molar-refractivity contribution < 1.29 is 27.9 Å². The Morgan fingerprint density at radius 1 is 1.33 bits per heavy atom. The number of alkyl halides is 3. The Balaban J connectivity index is 3.04. The van der Waals surface area contributed by atoms with Gasteiger partial charge in [-0.2, -0.15) is 24.5 Å². The Hall–Kier alpha value is -1.57. The van der Waals surface area contributed by atoms with Crippen molar-refractivity contribution in [3.05, 3.63) is 21.9 Å². The largest absolute Gasteiger partial charge is 0.479 e. The molecule has 1 rings (SSSR count). The van der Waals surface area contributed by atoms with Crippen LogP contribution in [0.3, 0.4) is 0 Å². The molecule has 18 heavy (non-hydrogen) atoms. The summed E-state index contributed by atoms with van der Waals surface area (Å²) in [4.78, 5) is 22.4. The highest BCUT2D eigenvalue weighted by molar-refractivity contribution is 7.08. The first-order chi connectivity index (χ1) is 8.09. The maximum atomic E-state index is 12.7. The molecule has 1 atom stereocenters. The topological polar surface area (TPSA) is 66.4 Å². The predicted molar refractivity (Wildman–Crippen MR) is 58.6 cm³/mol. The first kappa shape index (κ1) is 14.5. The zero-order valence-electron chi connectivity index (χ0n) is 9.46. The van der Waals surface area contributed by atoms with Crippen molar-refractivity contribution in [2.24, 2.45) is 0 Å². The summed E-state index contributed by atoms with van der Waals surface area (Å²) in [5, 5.41) is 13.1. The van der Waals surface area contributed by atoms with Crippen LogP contribution in [-0.2, 0) is 4.79 Å². The quantitative estimate of drug-likeness (QED) is 0.892. The molecule has 0 aromatic carbocycles. The summed E-state index contributed by atoms with van der Waals surface area (Å²) in [6, 6.07) is 0. The first-order valence-corrected chi connectivity index (χ1v) is 5.69. The molecule has 1 aromatic heterocycles. The smallest absolute Gasteiger partial charge is 0.422 e. The van der Waals surface area contributed by atoms with Gasteiger partial charge in [0.1, 0.15) is 0 Å². The molecule has 0 aliphatic heterocycles. The Morgan fingerprint density at radius 3 is 2.22 bits per heavy atom. The van der Waals surface area contributed by atoms with Crippen molar-refractivity contribution in [1.29, 1.82) is 0 Å². The Bertz CT molecular complexity index is 483. The lowest BCUT2D eigenvalue weighted by Crippen LogP contribution is -2.61. The van der Waals surface area contributed by atoms with Crippen LogP contribution in [0.1, 0.15) is 22.8 Å². The highest BCUT2D eigenvalue weighted by Crippen LogP contribution is 2.31. The van der Waals surface area contributed by atoms with Gasteiger partial charge in [0.15, 0.2) is 0 Å². The minimum atomic E-state index is -5.08. The van der Waals surface area contributed by atoms with Crippen molar-refractivity contribution in [3.63, 3.8) is 0 Å². The summed E-state index contributed by atoms with van der Waals surface area (Å²) >= 11 is 1.15. The van der Waals surface area contributed by atoms with Crippen LogP contribution in [0.2, 0.25) is 0 Å². The summed E-state index contributed by atoms with van der Waals surface area (Å²) < 4.78 is 38.0. The Kier molecular flexibility index (Phi) is 3.70. The van der Waals surface area contributed by atoms with Gasteiger partial charge in [-0.15, -0.1) is 0 Å². The number of hydrogen-bond donors (Lipinski definition) is 2. The van der Waals surface area contributed by atoms with Crippen molar-refractivity contribution in [2.45, 2.75) is 25.6 Å². The third-order valence-corrected chi connectivity index (χ3v) is 3.32. The summed E-state index contributed by atoms with van der Waals surface area (Å²) in [5.41, 5.74) is -2.78. The third-order valence-electron chi connectivity index (χ3n) is 2.46. The molecule has 0 bridgehead atoms. The number of aryl methyl sites for hydroxylation is 1. The molecule has 1 aromatic rings. The van der Waals surface area contributed by atoms with Crippen LogP contribution in [0.15, 0.2) is 10.8 Å². The fourth-order valence-electron chi connectivity index (χ4n) is 1.13. The van der Waals surface area contributed by atoms with Crippen molar-refractivity contribution in [1.82, 2.24) is 5.32 Å². The molecule has 1 heterocycles. The number of hydrogen-bond acceptors (Lipinski definition) is 3. The highest BCUT2D eigenvalue weighted by atomic mass is 32.1. The second kappa shape index (κ2) is 4.60. The zero-order chi connectivity index (χ0) is 14.1. The van der Waals surface area contributed by atoms with E-state index in [1.165, 1.54) is 10.7 Å². The van der Waals surface area contributed by atoms with E-state index in [4.69, 9.17) is 5.11 Å². The summed E-state index contributed by atoms with van der Waals surface area (Å²) in [6.45, 7) is 1.96. The van der Waals surface area contributed by atoms with E-state index in [2.05, 4.69) is 0 Å². The zero-order valence-corrected chi connectivity index (χ0v) is 10.3. The molecule has 0 fully saturated rings. The van der Waals surface area contributed by atoms with Crippen molar-refractivity contribution >= 4 is 23.2 Å². The molecule has 0 aliphatic rings. The number of nitrogens with one attached hydrogen (secondary N) is 1. The molecule has 100 valence electrons. The second-order valence-electron chi connectivity index (χ2n) is 3.85. The van der Waals surface area contributed by atoms with E-state index in [1.54, 1.807) is 12.3 Å². The van der Waals surface area contributed by atoms with Crippen LogP contribution >= 0.6 is 11.3 Å². The maximum absolute atomic E-state index is 12.7. The fourth-order valence-corrected chi connectivity index (χ4v) is 1.96. The molecule has 0 radical (unpaired) electrons. The van der Waals surface area contributed by atoms with E-state index in [9.17, 15) is 22.8 Å². The summed E-state index contributed by atoms with van der Waals surface area (Å²) in [7, 11) is 0. The molecule has 0 aliphatic carbocycles. The standard InChI is InChI=1S/C10H10F3NO3S/c1-5-3-18-4-6(5)7(15)14-9(2,8(16)17)10(11,12)13/h3-4H,1-2H3,(H,14,15)(H,16,17). The number of carboxylic acids is 1. The average molecular weight is 281 g/mol. The van der Waals surface area contributed by atoms with Gasteiger partial charge in [0.05, 0.1) is 5.56 Å². The molecule has 4 nitrogen and oxygen atoms in total. The van der Waals surface area contributed by atoms with E-state index in [0.717, 1.165) is 11.3 Å². The monoisotopic (exact) mass is 281 g/mol. The van der Waals surface area contributed by atoms with E-state index < -0.39 is 23.6 Å². The summed E-state index contributed by atoms with van der Waals surface area (Å²) in [6.07, 6.45) is -5.08. The van der Waals surface area contributed by atoms with Gasteiger partial charge in [0.2, 0.25) is 5.54 Å². The minimum absolute atomic E-state index is 0.0386. The van der Waals surface area contributed by atoms with Gasteiger partial charge in [-0.1, -0.05) is 0 Å². The minimum Gasteiger partial charge on any atom is -0.479 e. The van der Waals surface area contributed by atoms with Crippen molar-refractivity contribution in [3.8, 4) is 0 Å². The van der Waals surface area contributed by atoms with E-state index in [1.807, 2.05) is 0 Å². The number of halogens is 3. The Labute approximate surface area is 104 Å². The van der Waals surface area contributed by atoms with Crippen LogP contribution in [0.5, 0.6) is 0 Å². The lowest BCUT2D eigenvalue weighted by molar-refractivity contribution is -0.203. The molecule has 2 N–H and O–H groups in total. The molecule has 1 amide bonds. The van der Waals surface area contributed by atoms with Gasteiger partial charge in [0.25, 0.3) is 5.91 Å². The van der Waals surface area contributed by atoms with Crippen LogP contribution in [0.25, 0.3) is 0 Å². The number of carboxylic acid groups (broad SMARTS) is 1. The average Bonchev–Trinajstić information content (AvgIpc) is 2.62. The molecule has 8 heteroatoms. The second-order valence-corrected chi connectivity index (χ2v) is 4.59. The van der Waals surface area contributed by atoms with Gasteiger partial charge in [0, 0.05) is 5.38 Å². The normalized spacial score (nSPS) is 14.9. The molecule has 0 spiro atoms. The fraction of sp³-hybridized carbons (Fsp3) is 0.400. The van der Waals surface area contributed by atoms with Gasteiger partial charge in [-0.3, -0.25) is 4.79 Å². The number of rotatable bonds is 3. The van der Waals surface area contributed by atoms with E-state index in [0.29, 0.717) is 12.5 Å². The number of amides is 1. The van der Waals surface area contributed by atoms with Crippen molar-refractivity contribution in [2.75, 3.05) is 0 Å². The van der Waals surface area contributed by atoms with Gasteiger partial charge < -0.3 is 10.4 Å². The van der Waals surface area contributed by atoms with Gasteiger partial charge >= 0.3 is 12.1 Å². The van der Waals surface area contributed by atoms with Gasteiger partial charge in [-0.25, -0.2) is 4.79 Å². The van der Waals surface area contributed by atoms with Crippen LogP contribution in [-0.4, -0.2) is 28.7 Å². The molecular formula is C10H10F3NO3S. The molecule has 1 unspecified atom stereocenters. The van der Waals surface area contributed by atoms with Crippen LogP contribution in [0, 0.1) is 6.92 Å². The predicted octanol–water partition coefficient (Wildman–Crippen LogP) is 2.19. The lowest BCUT2D eigenvalue weighted by atomic mass is 10.0. The number of thiophene rings is 1. The number of carbonyl (C=O) groups excluding carboxylic acids is 1. The highest BCUT2D eigenvalue weighted by Gasteiger charge is 2.58. The molecular weight excluding hydrogens is 271 g/mol. The van der Waals surface area contributed by atoms with Crippen LogP contribution in [0.4, 0.5) is 13.2 Å². The Morgan fingerprint density at radius 2 is 1.89 bits per heavy atom. The number of carbonyl (C=O) groups is 2. The lowest BCUT2D eigenvalue weighted by Gasteiger charge is -2.28. The van der Waals surface area contributed by atoms with Crippen LogP contribution < -0.4 is 5.32 Å². The van der Waals surface area contributed by atoms with E-state index in [-0.39, 0.29) is 5.56 Å².